The van der Waals surface area contributed by atoms with Gasteiger partial charge in [0.15, 0.2) is 17.2 Å². The molecular weight excluding hydrogens is 729 g/mol. The van der Waals surface area contributed by atoms with Crippen molar-refractivity contribution in [2.45, 2.75) is 103 Å². The number of esters is 2. The summed E-state index contributed by atoms with van der Waals surface area (Å²) in [6.45, 7) is 7.71. The van der Waals surface area contributed by atoms with E-state index >= 15 is 0 Å². The van der Waals surface area contributed by atoms with Crippen molar-refractivity contribution < 1.29 is 47.1 Å². The third-order valence-electron chi connectivity index (χ3n) is 9.19. The van der Waals surface area contributed by atoms with Crippen LogP contribution in [0.1, 0.15) is 72.1 Å². The summed E-state index contributed by atoms with van der Waals surface area (Å²) in [5.74, 6) is -2.38. The Balaban J connectivity index is 1.18. The van der Waals surface area contributed by atoms with Gasteiger partial charge < -0.3 is 42.8 Å². The summed E-state index contributed by atoms with van der Waals surface area (Å²) in [6.07, 6.45) is 3.05. The molecule has 53 heavy (non-hydrogen) atoms. The summed E-state index contributed by atoms with van der Waals surface area (Å²) in [7, 11) is -3.93. The molecule has 1 aliphatic carbocycles. The summed E-state index contributed by atoms with van der Waals surface area (Å²) in [5, 5.41) is 17.0. The average molecular weight is 774 g/mol. The second kappa shape index (κ2) is 16.3. The number of hydrogen-bond acceptors (Lipinski definition) is 13. The fourth-order valence-corrected chi connectivity index (χ4v) is 8.60. The smallest absolute Gasteiger partial charge is 0.342 e. The van der Waals surface area contributed by atoms with Gasteiger partial charge in [-0.1, -0.05) is 56.5 Å². The highest BCUT2D eigenvalue weighted by molar-refractivity contribution is 7.57. The number of nitrogens with zero attached hydrogens (tertiary/aromatic N) is 3. The highest BCUT2D eigenvalue weighted by Crippen LogP contribution is 2.47. The standard InChI is InChI=1S/C36H45ClN5O10P/c1-21(2)34(43)47-19-48-35(44)22(3)41-53(45,52-24-13-7-6-8-14-24)20-46-18-27-29-30(51-36(4,5)50-29)33(49-27)42-16-15-25-28(39-23-11-9-10-12-23)26(17-38)31(37)40-32(25)42/h6-8,13-16,21-23,27,29-30,33H,9-12,18-20H2,1-5H3,(H,39,40)(H,41,45)/t22-,27+,29+,30+,33+,53-/m0/s1. The van der Waals surface area contributed by atoms with Crippen LogP contribution in [0.25, 0.3) is 11.0 Å². The highest BCUT2D eigenvalue weighted by atomic mass is 35.5. The lowest BCUT2D eigenvalue weighted by atomic mass is 10.1. The monoisotopic (exact) mass is 773 g/mol. The van der Waals surface area contributed by atoms with Crippen LogP contribution in [0.3, 0.4) is 0 Å². The van der Waals surface area contributed by atoms with Crippen LogP contribution in [0, 0.1) is 17.2 Å². The van der Waals surface area contributed by atoms with E-state index in [1.54, 1.807) is 44.2 Å². The Labute approximate surface area is 313 Å². The van der Waals surface area contributed by atoms with Gasteiger partial charge in [-0.25, -0.2) is 10.1 Å². The van der Waals surface area contributed by atoms with Crippen molar-refractivity contribution in [2.75, 3.05) is 25.1 Å². The largest absolute Gasteiger partial charge is 0.431 e. The number of carbonyl (C=O) groups is 2. The average Bonchev–Trinajstić information content (AvgIpc) is 3.90. The van der Waals surface area contributed by atoms with Crippen molar-refractivity contribution in [2.24, 2.45) is 5.92 Å². The first-order chi connectivity index (χ1) is 25.3. The minimum Gasteiger partial charge on any atom is -0.431 e. The van der Waals surface area contributed by atoms with Gasteiger partial charge in [0, 0.05) is 17.6 Å². The van der Waals surface area contributed by atoms with Crippen LogP contribution in [-0.4, -0.2) is 77.4 Å². The van der Waals surface area contributed by atoms with Crippen LogP contribution in [0.4, 0.5) is 5.69 Å². The predicted molar refractivity (Wildman–Crippen MR) is 193 cm³/mol. The quantitative estimate of drug-likeness (QED) is 0.0764. The lowest BCUT2D eigenvalue weighted by Crippen LogP contribution is -2.37. The number of nitriles is 1. The molecule has 6 atom stereocenters. The van der Waals surface area contributed by atoms with Gasteiger partial charge in [-0.05, 0) is 51.8 Å². The number of para-hydroxylation sites is 1. The SMILES string of the molecule is CC(C)C(=O)OCOC(=O)[C@H](C)N[P@](=O)(COC[C@H]1O[C@@H](n2ccc3c(NC4CCCC4)c(C#N)c(Cl)nc32)[C@@H]2OC(C)(C)O[C@@H]21)Oc1ccccc1. The van der Waals surface area contributed by atoms with Gasteiger partial charge in [0.1, 0.15) is 53.7 Å². The summed E-state index contributed by atoms with van der Waals surface area (Å²) in [6, 6.07) is 11.7. The lowest BCUT2D eigenvalue weighted by molar-refractivity contribution is -0.201. The Morgan fingerprint density at radius 2 is 1.79 bits per heavy atom. The number of ether oxygens (including phenoxy) is 6. The number of carbonyl (C=O) groups excluding carboxylic acids is 2. The second-order valence-corrected chi connectivity index (χ2v) is 16.5. The number of rotatable bonds is 15. The molecule has 1 aromatic carbocycles. The van der Waals surface area contributed by atoms with E-state index < -0.39 is 74.9 Å². The second-order valence-electron chi connectivity index (χ2n) is 14.1. The zero-order valence-corrected chi connectivity index (χ0v) is 31.9. The molecule has 3 fully saturated rings. The first-order valence-corrected chi connectivity index (χ1v) is 19.9. The van der Waals surface area contributed by atoms with Crippen LogP contribution in [0.15, 0.2) is 42.6 Å². The van der Waals surface area contributed by atoms with Gasteiger partial charge in [0.05, 0.1) is 18.2 Å². The molecule has 4 heterocycles. The Hall–Kier alpha value is -3.74. The summed E-state index contributed by atoms with van der Waals surface area (Å²) >= 11 is 6.59. The van der Waals surface area contributed by atoms with Crippen LogP contribution < -0.4 is 14.9 Å². The van der Waals surface area contributed by atoms with Gasteiger partial charge in [-0.15, -0.1) is 0 Å². The summed E-state index contributed by atoms with van der Waals surface area (Å²) < 4.78 is 57.1. The lowest BCUT2D eigenvalue weighted by Gasteiger charge is -2.26. The Bertz CT molecular complexity index is 1880. The molecule has 2 N–H and O–H groups in total. The maximum Gasteiger partial charge on any atom is 0.342 e. The number of pyridine rings is 1. The van der Waals surface area contributed by atoms with E-state index in [0.717, 1.165) is 31.1 Å². The van der Waals surface area contributed by atoms with Crippen molar-refractivity contribution in [3.8, 4) is 11.8 Å². The zero-order chi connectivity index (χ0) is 37.9. The molecule has 2 aromatic heterocycles. The van der Waals surface area contributed by atoms with Crippen LogP contribution in [-0.2, 0) is 42.6 Å². The zero-order valence-electron chi connectivity index (χ0n) is 30.3. The van der Waals surface area contributed by atoms with E-state index in [4.69, 9.17) is 44.5 Å². The number of aromatic nitrogens is 2. The van der Waals surface area contributed by atoms with Crippen molar-refractivity contribution in [3.63, 3.8) is 0 Å². The molecule has 15 nitrogen and oxygen atoms in total. The van der Waals surface area contributed by atoms with E-state index in [0.29, 0.717) is 11.3 Å². The minimum absolute atomic E-state index is 0.0780. The van der Waals surface area contributed by atoms with Crippen LogP contribution in [0.2, 0.25) is 5.15 Å². The van der Waals surface area contributed by atoms with E-state index in [-0.39, 0.29) is 29.1 Å². The number of anilines is 1. The molecule has 286 valence electrons. The molecule has 17 heteroatoms. The van der Waals surface area contributed by atoms with Gasteiger partial charge in [0.25, 0.3) is 0 Å². The van der Waals surface area contributed by atoms with Gasteiger partial charge in [-0.3, -0.25) is 14.2 Å². The van der Waals surface area contributed by atoms with E-state index in [1.807, 2.05) is 30.7 Å². The maximum atomic E-state index is 14.2. The van der Waals surface area contributed by atoms with E-state index in [2.05, 4.69) is 21.5 Å². The Morgan fingerprint density at radius 1 is 1.09 bits per heavy atom. The summed E-state index contributed by atoms with van der Waals surface area (Å²) in [4.78, 5) is 29.1. The van der Waals surface area contributed by atoms with Crippen molar-refractivity contribution in [1.82, 2.24) is 14.6 Å². The number of nitrogens with one attached hydrogen (secondary N) is 2. The molecule has 0 radical (unpaired) electrons. The first kappa shape index (κ1) is 39.0. The van der Waals surface area contributed by atoms with Crippen LogP contribution >= 0.6 is 19.1 Å². The molecule has 0 amide bonds. The van der Waals surface area contributed by atoms with Crippen molar-refractivity contribution in [3.05, 3.63) is 53.3 Å². The molecule has 0 bridgehead atoms. The minimum atomic E-state index is -3.93. The van der Waals surface area contributed by atoms with Gasteiger partial charge in [-0.2, -0.15) is 5.26 Å². The van der Waals surface area contributed by atoms with Gasteiger partial charge >= 0.3 is 19.5 Å². The Kier molecular flexibility index (Phi) is 12.0. The topological polar surface area (TPSA) is 181 Å². The third-order valence-corrected chi connectivity index (χ3v) is 11.3. The Morgan fingerprint density at radius 3 is 2.49 bits per heavy atom. The normalized spacial score (nSPS) is 24.0. The number of hydrogen-bond donors (Lipinski definition) is 2. The summed E-state index contributed by atoms with van der Waals surface area (Å²) in [5.41, 5.74) is 1.44. The van der Waals surface area contributed by atoms with E-state index in [9.17, 15) is 19.4 Å². The molecule has 3 aromatic rings. The highest BCUT2D eigenvalue weighted by Gasteiger charge is 2.56. The number of fused-ring (bicyclic) bond motifs is 2. The molecule has 1 saturated carbocycles. The molecule has 2 aliphatic heterocycles. The third kappa shape index (κ3) is 8.98. The first-order valence-electron chi connectivity index (χ1n) is 17.7. The molecule has 0 spiro atoms. The van der Waals surface area contributed by atoms with Crippen molar-refractivity contribution in [1.29, 1.82) is 5.26 Å². The van der Waals surface area contributed by atoms with Crippen molar-refractivity contribution >= 4 is 47.8 Å². The van der Waals surface area contributed by atoms with Gasteiger partial charge in [0.2, 0.25) is 6.79 Å². The molecule has 0 unspecified atom stereocenters. The number of benzene rings is 1. The fourth-order valence-electron chi connectivity index (χ4n) is 6.70. The molecular formula is C36H45ClN5O10P. The molecule has 3 aliphatic rings. The predicted octanol–water partition coefficient (Wildman–Crippen LogP) is 6.26. The number of halogens is 1. The van der Waals surface area contributed by atoms with E-state index in [1.165, 1.54) is 6.92 Å². The maximum absolute atomic E-state index is 14.2. The van der Waals surface area contributed by atoms with Crippen LogP contribution in [0.5, 0.6) is 5.75 Å². The molecule has 6 rings (SSSR count). The molecule has 2 saturated heterocycles. The fraction of sp³-hybridized carbons (Fsp3) is 0.556.